The van der Waals surface area contributed by atoms with E-state index in [4.69, 9.17) is 10.8 Å². The second-order valence-corrected chi connectivity index (χ2v) is 6.04. The molecule has 1 aliphatic rings. The van der Waals surface area contributed by atoms with Crippen LogP contribution in [-0.4, -0.2) is 52.0 Å². The zero-order chi connectivity index (χ0) is 12.8. The third kappa shape index (κ3) is 5.41. The van der Waals surface area contributed by atoms with Gasteiger partial charge in [-0.1, -0.05) is 0 Å². The van der Waals surface area contributed by atoms with E-state index >= 15 is 0 Å². The summed E-state index contributed by atoms with van der Waals surface area (Å²) in [6.07, 6.45) is 2.32. The minimum atomic E-state index is -0.759. The Morgan fingerprint density at radius 1 is 1.59 bits per heavy atom. The molecule has 0 aromatic rings. The lowest BCUT2D eigenvalue weighted by Gasteiger charge is -2.32. The van der Waals surface area contributed by atoms with Crippen molar-refractivity contribution in [2.24, 2.45) is 5.73 Å². The van der Waals surface area contributed by atoms with Crippen molar-refractivity contribution in [1.29, 1.82) is 0 Å². The van der Waals surface area contributed by atoms with Gasteiger partial charge in [0.2, 0.25) is 5.91 Å². The normalized spacial score (nSPS) is 23.2. The molecule has 0 aromatic carbocycles. The summed E-state index contributed by atoms with van der Waals surface area (Å²) in [5.74, 6) is -1.04. The van der Waals surface area contributed by atoms with E-state index in [9.17, 15) is 9.59 Å². The molecule has 6 heteroatoms. The lowest BCUT2D eigenvalue weighted by Crippen LogP contribution is -2.39. The average molecular weight is 260 g/mol. The number of nitrogens with zero attached hydrogens (tertiary/aromatic N) is 1. The summed E-state index contributed by atoms with van der Waals surface area (Å²) >= 11 is 1.60. The number of carbonyl (C=O) groups is 2. The SMILES string of the molecule is CC(SC1CCCN(CCC(=O)O)C1)C(N)=O. The van der Waals surface area contributed by atoms with Crippen LogP contribution in [0.3, 0.4) is 0 Å². The monoisotopic (exact) mass is 260 g/mol. The quantitative estimate of drug-likeness (QED) is 0.728. The first-order chi connectivity index (χ1) is 7.99. The fourth-order valence-electron chi connectivity index (χ4n) is 1.94. The Bertz CT molecular complexity index is 286. The number of nitrogens with two attached hydrogens (primary N) is 1. The van der Waals surface area contributed by atoms with Crippen molar-refractivity contribution >= 4 is 23.6 Å². The van der Waals surface area contributed by atoms with Gasteiger partial charge in [0.25, 0.3) is 0 Å². The summed E-state index contributed by atoms with van der Waals surface area (Å²) in [4.78, 5) is 23.6. The third-order valence-electron chi connectivity index (χ3n) is 2.90. The number of primary amides is 1. The third-order valence-corrected chi connectivity index (χ3v) is 4.31. The molecule has 1 saturated heterocycles. The van der Waals surface area contributed by atoms with Crippen LogP contribution in [-0.2, 0) is 9.59 Å². The largest absolute Gasteiger partial charge is 0.481 e. The minimum absolute atomic E-state index is 0.167. The number of hydrogen-bond donors (Lipinski definition) is 2. The molecule has 0 aromatic heterocycles. The standard InChI is InChI=1S/C11H20N2O3S/c1-8(11(12)16)17-9-3-2-5-13(7-9)6-4-10(14)15/h8-9H,2-7H2,1H3,(H2,12,16)(H,14,15). The number of likely N-dealkylation sites (tertiary alicyclic amines) is 1. The van der Waals surface area contributed by atoms with E-state index in [1.54, 1.807) is 11.8 Å². The highest BCUT2D eigenvalue weighted by atomic mass is 32.2. The summed E-state index contributed by atoms with van der Waals surface area (Å²) in [6, 6.07) is 0. The van der Waals surface area contributed by atoms with E-state index in [1.165, 1.54) is 0 Å². The Balaban J connectivity index is 2.33. The molecule has 2 unspecified atom stereocenters. The maximum atomic E-state index is 11.0. The fourth-order valence-corrected chi connectivity index (χ4v) is 3.25. The summed E-state index contributed by atoms with van der Waals surface area (Å²) in [5, 5.41) is 8.86. The van der Waals surface area contributed by atoms with Crippen LogP contribution in [0.15, 0.2) is 0 Å². The van der Waals surface area contributed by atoms with Crippen LogP contribution in [0.5, 0.6) is 0 Å². The summed E-state index contributed by atoms with van der Waals surface area (Å²) in [6.45, 7) is 4.23. The van der Waals surface area contributed by atoms with Crippen LogP contribution >= 0.6 is 11.8 Å². The first-order valence-electron chi connectivity index (χ1n) is 5.88. The van der Waals surface area contributed by atoms with E-state index < -0.39 is 5.97 Å². The number of carboxylic acids is 1. The van der Waals surface area contributed by atoms with Crippen LogP contribution in [0.25, 0.3) is 0 Å². The van der Waals surface area contributed by atoms with E-state index in [-0.39, 0.29) is 17.6 Å². The second kappa shape index (κ2) is 6.86. The van der Waals surface area contributed by atoms with Gasteiger partial charge in [-0.15, -0.1) is 11.8 Å². The van der Waals surface area contributed by atoms with E-state index in [1.807, 2.05) is 6.92 Å². The Morgan fingerprint density at radius 3 is 2.88 bits per heavy atom. The molecular formula is C11H20N2O3S. The Kier molecular flexibility index (Phi) is 5.77. The smallest absolute Gasteiger partial charge is 0.304 e. The van der Waals surface area contributed by atoms with Crippen molar-refractivity contribution in [3.63, 3.8) is 0 Å². The van der Waals surface area contributed by atoms with E-state index in [2.05, 4.69) is 4.90 Å². The van der Waals surface area contributed by atoms with Gasteiger partial charge >= 0.3 is 5.97 Å². The Labute approximate surface area is 106 Å². The zero-order valence-electron chi connectivity index (χ0n) is 10.1. The van der Waals surface area contributed by atoms with Gasteiger partial charge in [-0.3, -0.25) is 9.59 Å². The molecule has 2 atom stereocenters. The lowest BCUT2D eigenvalue weighted by molar-refractivity contribution is -0.137. The molecular weight excluding hydrogens is 240 g/mol. The van der Waals surface area contributed by atoms with Gasteiger partial charge in [-0.25, -0.2) is 0 Å². The number of aliphatic carboxylic acids is 1. The number of thioether (sulfide) groups is 1. The molecule has 3 N–H and O–H groups in total. The number of rotatable bonds is 6. The molecule has 1 amide bonds. The highest BCUT2D eigenvalue weighted by Crippen LogP contribution is 2.26. The molecule has 1 aliphatic heterocycles. The fraction of sp³-hybridized carbons (Fsp3) is 0.818. The molecule has 98 valence electrons. The predicted octanol–water partition coefficient (Wildman–Crippen LogP) is 0.532. The number of carbonyl (C=O) groups excluding carboxylic acids is 1. The molecule has 0 bridgehead atoms. The maximum absolute atomic E-state index is 11.0. The van der Waals surface area contributed by atoms with Gasteiger partial charge in [0.05, 0.1) is 11.7 Å². The van der Waals surface area contributed by atoms with Gasteiger partial charge in [-0.2, -0.15) is 0 Å². The van der Waals surface area contributed by atoms with Crippen LogP contribution in [0.2, 0.25) is 0 Å². The molecule has 0 saturated carbocycles. The van der Waals surface area contributed by atoms with Crippen molar-refractivity contribution in [2.45, 2.75) is 36.7 Å². The van der Waals surface area contributed by atoms with Crippen molar-refractivity contribution in [3.8, 4) is 0 Å². The minimum Gasteiger partial charge on any atom is -0.481 e. The molecule has 0 aliphatic carbocycles. The highest BCUT2D eigenvalue weighted by Gasteiger charge is 2.23. The second-order valence-electron chi connectivity index (χ2n) is 4.39. The molecule has 1 rings (SSSR count). The Hall–Kier alpha value is -0.750. The molecule has 0 spiro atoms. The molecule has 17 heavy (non-hydrogen) atoms. The molecule has 0 radical (unpaired) electrons. The maximum Gasteiger partial charge on any atom is 0.304 e. The number of amides is 1. The summed E-state index contributed by atoms with van der Waals surface area (Å²) < 4.78 is 0. The first-order valence-corrected chi connectivity index (χ1v) is 6.82. The van der Waals surface area contributed by atoms with Gasteiger partial charge in [0.1, 0.15) is 0 Å². The number of carboxylic acid groups (broad SMARTS) is 1. The number of piperidine rings is 1. The van der Waals surface area contributed by atoms with Crippen LogP contribution < -0.4 is 5.73 Å². The highest BCUT2D eigenvalue weighted by molar-refractivity contribution is 8.01. The van der Waals surface area contributed by atoms with Crippen molar-refractivity contribution in [3.05, 3.63) is 0 Å². The van der Waals surface area contributed by atoms with Crippen molar-refractivity contribution < 1.29 is 14.7 Å². The van der Waals surface area contributed by atoms with Gasteiger partial charge in [0.15, 0.2) is 0 Å². The summed E-state index contributed by atoms with van der Waals surface area (Å²) in [7, 11) is 0. The lowest BCUT2D eigenvalue weighted by atomic mass is 10.1. The molecule has 5 nitrogen and oxygen atoms in total. The van der Waals surface area contributed by atoms with E-state index in [0.717, 1.165) is 25.9 Å². The van der Waals surface area contributed by atoms with Crippen LogP contribution in [0.4, 0.5) is 0 Å². The Morgan fingerprint density at radius 2 is 2.29 bits per heavy atom. The van der Waals surface area contributed by atoms with Gasteiger partial charge in [-0.05, 0) is 26.3 Å². The van der Waals surface area contributed by atoms with Crippen LogP contribution in [0, 0.1) is 0 Å². The first kappa shape index (κ1) is 14.3. The van der Waals surface area contributed by atoms with Crippen LogP contribution in [0.1, 0.15) is 26.2 Å². The average Bonchev–Trinajstić information content (AvgIpc) is 2.26. The van der Waals surface area contributed by atoms with E-state index in [0.29, 0.717) is 11.8 Å². The van der Waals surface area contributed by atoms with Crippen molar-refractivity contribution in [2.75, 3.05) is 19.6 Å². The van der Waals surface area contributed by atoms with Crippen molar-refractivity contribution in [1.82, 2.24) is 4.90 Å². The number of hydrogen-bond acceptors (Lipinski definition) is 4. The van der Waals surface area contributed by atoms with Gasteiger partial charge in [0, 0.05) is 18.3 Å². The topological polar surface area (TPSA) is 83.6 Å². The summed E-state index contributed by atoms with van der Waals surface area (Å²) in [5.41, 5.74) is 5.24. The zero-order valence-corrected chi connectivity index (χ0v) is 10.9. The van der Waals surface area contributed by atoms with Gasteiger partial charge < -0.3 is 15.7 Å². The molecule has 1 heterocycles. The molecule has 1 fully saturated rings. The predicted molar refractivity (Wildman–Crippen MR) is 68.0 cm³/mol.